The third kappa shape index (κ3) is 2.96. The van der Waals surface area contributed by atoms with Crippen LogP contribution in [0.4, 0.5) is 0 Å². The van der Waals surface area contributed by atoms with Crippen molar-refractivity contribution in [1.29, 1.82) is 0 Å². The Kier molecular flexibility index (Phi) is 4.22. The minimum Gasteiger partial charge on any atom is -0.309 e. The Hall–Kier alpha value is -4.30. The lowest BCUT2D eigenvalue weighted by Crippen LogP contribution is -1.95. The van der Waals surface area contributed by atoms with E-state index < -0.39 is 0 Å². The van der Waals surface area contributed by atoms with Crippen molar-refractivity contribution >= 4 is 43.6 Å². The molecule has 0 aliphatic carbocycles. The number of hydrogen-bond donors (Lipinski definition) is 0. The van der Waals surface area contributed by atoms with Gasteiger partial charge in [0.25, 0.3) is 0 Å². The second-order valence-electron chi connectivity index (χ2n) is 9.77. The minimum absolute atomic E-state index is 1.19. The largest absolute Gasteiger partial charge is 0.309 e. The summed E-state index contributed by atoms with van der Waals surface area (Å²) < 4.78 is 4.80. The number of hydrogen-bond acceptors (Lipinski definition) is 0. The van der Waals surface area contributed by atoms with Gasteiger partial charge in [-0.3, -0.25) is 0 Å². The van der Waals surface area contributed by atoms with Gasteiger partial charge in [-0.1, -0.05) is 53.1 Å². The van der Waals surface area contributed by atoms with Crippen LogP contribution >= 0.6 is 0 Å². The second kappa shape index (κ2) is 7.35. The summed E-state index contributed by atoms with van der Waals surface area (Å²) >= 11 is 0. The molecule has 0 fully saturated rings. The van der Waals surface area contributed by atoms with Crippen molar-refractivity contribution in [2.45, 2.75) is 20.8 Å². The number of para-hydroxylation sites is 1. The van der Waals surface area contributed by atoms with E-state index >= 15 is 0 Å². The molecule has 0 unspecified atom stereocenters. The van der Waals surface area contributed by atoms with Crippen LogP contribution < -0.4 is 0 Å². The molecule has 35 heavy (non-hydrogen) atoms. The van der Waals surface area contributed by atoms with Crippen molar-refractivity contribution < 1.29 is 0 Å². The highest BCUT2D eigenvalue weighted by molar-refractivity contribution is 6.12. The standard InChI is InChI=1S/C33H26N2/c1-21-10-14-31-26(17-21)27-18-22(2)11-15-32(27)35(31)25-12-16-33-29(20-25)28-19-23(3)9-13-30(28)34(33)24-7-5-4-6-8-24/h4-20H,1-3H3. The number of aryl methyl sites for hydroxylation is 3. The molecule has 0 aliphatic rings. The number of rotatable bonds is 2. The van der Waals surface area contributed by atoms with Gasteiger partial charge in [0.05, 0.1) is 22.1 Å². The normalized spacial score (nSPS) is 11.9. The third-order valence-corrected chi connectivity index (χ3v) is 7.25. The van der Waals surface area contributed by atoms with Crippen LogP contribution in [0.1, 0.15) is 16.7 Å². The fourth-order valence-corrected chi connectivity index (χ4v) is 5.65. The maximum absolute atomic E-state index is 2.42. The van der Waals surface area contributed by atoms with Crippen molar-refractivity contribution in [3.63, 3.8) is 0 Å². The lowest BCUT2D eigenvalue weighted by Gasteiger charge is -2.10. The monoisotopic (exact) mass is 450 g/mol. The Balaban J connectivity index is 1.59. The van der Waals surface area contributed by atoms with Gasteiger partial charge >= 0.3 is 0 Å². The van der Waals surface area contributed by atoms with Gasteiger partial charge < -0.3 is 9.13 Å². The number of aromatic nitrogens is 2. The molecule has 168 valence electrons. The van der Waals surface area contributed by atoms with Crippen LogP contribution in [0.5, 0.6) is 0 Å². The van der Waals surface area contributed by atoms with Crippen LogP contribution in [0.15, 0.2) is 103 Å². The van der Waals surface area contributed by atoms with Gasteiger partial charge in [0, 0.05) is 32.9 Å². The van der Waals surface area contributed by atoms with E-state index in [9.17, 15) is 0 Å². The Morgan fingerprint density at radius 1 is 0.371 bits per heavy atom. The van der Waals surface area contributed by atoms with Gasteiger partial charge in [0.15, 0.2) is 0 Å². The molecule has 7 aromatic rings. The highest BCUT2D eigenvalue weighted by atomic mass is 15.0. The van der Waals surface area contributed by atoms with E-state index in [4.69, 9.17) is 0 Å². The third-order valence-electron chi connectivity index (χ3n) is 7.25. The molecule has 2 heteroatoms. The fourth-order valence-electron chi connectivity index (χ4n) is 5.65. The van der Waals surface area contributed by atoms with E-state index in [2.05, 4.69) is 133 Å². The first kappa shape index (κ1) is 20.1. The van der Waals surface area contributed by atoms with Crippen molar-refractivity contribution in [2.24, 2.45) is 0 Å². The lowest BCUT2D eigenvalue weighted by molar-refractivity contribution is 1.16. The molecule has 0 atom stereocenters. The summed E-state index contributed by atoms with van der Waals surface area (Å²) in [5, 5.41) is 5.19. The Labute approximate surface area is 204 Å². The molecule has 5 aromatic carbocycles. The Bertz CT molecular complexity index is 1860. The molecule has 0 aliphatic heterocycles. The van der Waals surface area contributed by atoms with E-state index in [1.165, 1.54) is 71.7 Å². The minimum atomic E-state index is 1.19. The summed E-state index contributed by atoms with van der Waals surface area (Å²) in [5.74, 6) is 0. The average molecular weight is 451 g/mol. The summed E-state index contributed by atoms with van der Waals surface area (Å²) in [5.41, 5.74) is 11.2. The van der Waals surface area contributed by atoms with Crippen molar-refractivity contribution in [3.8, 4) is 11.4 Å². The molecule has 2 heterocycles. The van der Waals surface area contributed by atoms with E-state index in [-0.39, 0.29) is 0 Å². The van der Waals surface area contributed by atoms with Crippen molar-refractivity contribution in [2.75, 3.05) is 0 Å². The van der Waals surface area contributed by atoms with Gasteiger partial charge in [-0.05, 0) is 87.5 Å². The molecular formula is C33H26N2. The SMILES string of the molecule is Cc1ccc2c(c1)c1cc(C)ccc1n2-c1ccc2c(c1)c1cc(C)ccc1n2-c1ccccc1. The topological polar surface area (TPSA) is 9.86 Å². The summed E-state index contributed by atoms with van der Waals surface area (Å²) in [7, 11) is 0. The zero-order valence-electron chi connectivity index (χ0n) is 20.2. The van der Waals surface area contributed by atoms with E-state index in [1.807, 2.05) is 0 Å². The number of benzene rings is 5. The van der Waals surface area contributed by atoms with Gasteiger partial charge in [-0.15, -0.1) is 0 Å². The first-order valence-corrected chi connectivity index (χ1v) is 12.2. The highest BCUT2D eigenvalue weighted by Gasteiger charge is 2.16. The predicted octanol–water partition coefficient (Wildman–Crippen LogP) is 8.81. The molecule has 0 N–H and O–H groups in total. The Morgan fingerprint density at radius 3 is 1.26 bits per heavy atom. The quantitative estimate of drug-likeness (QED) is 0.249. The maximum Gasteiger partial charge on any atom is 0.0542 e. The molecule has 0 saturated heterocycles. The molecular weight excluding hydrogens is 424 g/mol. The van der Waals surface area contributed by atoms with Crippen molar-refractivity contribution in [3.05, 3.63) is 120 Å². The highest BCUT2D eigenvalue weighted by Crippen LogP contribution is 2.37. The maximum atomic E-state index is 2.42. The first-order valence-electron chi connectivity index (χ1n) is 12.2. The summed E-state index contributed by atoms with van der Waals surface area (Å²) in [6.07, 6.45) is 0. The first-order chi connectivity index (χ1) is 17.1. The predicted molar refractivity (Wildman–Crippen MR) is 149 cm³/mol. The smallest absolute Gasteiger partial charge is 0.0542 e. The van der Waals surface area contributed by atoms with Crippen LogP contribution in [0.2, 0.25) is 0 Å². The Morgan fingerprint density at radius 2 is 0.771 bits per heavy atom. The van der Waals surface area contributed by atoms with Crippen LogP contribution in [-0.2, 0) is 0 Å². The van der Waals surface area contributed by atoms with E-state index in [1.54, 1.807) is 0 Å². The molecule has 0 amide bonds. The van der Waals surface area contributed by atoms with Crippen molar-refractivity contribution in [1.82, 2.24) is 9.13 Å². The molecule has 7 rings (SSSR count). The molecule has 0 saturated carbocycles. The van der Waals surface area contributed by atoms with E-state index in [0.29, 0.717) is 0 Å². The zero-order chi connectivity index (χ0) is 23.7. The van der Waals surface area contributed by atoms with Gasteiger partial charge in [0.2, 0.25) is 0 Å². The molecule has 0 radical (unpaired) electrons. The number of fused-ring (bicyclic) bond motifs is 6. The van der Waals surface area contributed by atoms with Gasteiger partial charge in [0.1, 0.15) is 0 Å². The molecule has 2 nitrogen and oxygen atoms in total. The lowest BCUT2D eigenvalue weighted by atomic mass is 10.1. The van der Waals surface area contributed by atoms with Crippen LogP contribution in [-0.4, -0.2) is 9.13 Å². The second-order valence-corrected chi connectivity index (χ2v) is 9.77. The molecule has 0 spiro atoms. The summed E-state index contributed by atoms with van der Waals surface area (Å²) in [6.45, 7) is 6.52. The average Bonchev–Trinajstić information content (AvgIpc) is 3.36. The summed E-state index contributed by atoms with van der Waals surface area (Å²) in [6, 6.07) is 38.0. The summed E-state index contributed by atoms with van der Waals surface area (Å²) in [4.78, 5) is 0. The van der Waals surface area contributed by atoms with Gasteiger partial charge in [-0.2, -0.15) is 0 Å². The van der Waals surface area contributed by atoms with Crippen LogP contribution in [0.25, 0.3) is 55.0 Å². The number of nitrogens with zero attached hydrogens (tertiary/aromatic N) is 2. The molecule has 2 aromatic heterocycles. The van der Waals surface area contributed by atoms with Crippen LogP contribution in [0.3, 0.4) is 0 Å². The van der Waals surface area contributed by atoms with Gasteiger partial charge in [-0.25, -0.2) is 0 Å². The fraction of sp³-hybridized carbons (Fsp3) is 0.0909. The molecule has 0 bridgehead atoms. The zero-order valence-corrected chi connectivity index (χ0v) is 20.2. The van der Waals surface area contributed by atoms with Crippen LogP contribution in [0, 0.1) is 20.8 Å². The van der Waals surface area contributed by atoms with E-state index in [0.717, 1.165) is 0 Å².